The lowest BCUT2D eigenvalue weighted by atomic mass is 10.1. The van der Waals surface area contributed by atoms with Gasteiger partial charge in [-0.15, -0.1) is 0 Å². The van der Waals surface area contributed by atoms with E-state index in [0.717, 1.165) is 18.4 Å². The summed E-state index contributed by atoms with van der Waals surface area (Å²) in [5, 5.41) is 9.08. The lowest BCUT2D eigenvalue weighted by molar-refractivity contribution is -0.148. The maximum atomic E-state index is 12.1. The summed E-state index contributed by atoms with van der Waals surface area (Å²) < 4.78 is 0. The van der Waals surface area contributed by atoms with Gasteiger partial charge in [0.1, 0.15) is 6.04 Å². The van der Waals surface area contributed by atoms with Crippen molar-refractivity contribution in [2.45, 2.75) is 45.1 Å². The smallest absolute Gasteiger partial charge is 0.326 e. The van der Waals surface area contributed by atoms with Gasteiger partial charge in [0.25, 0.3) is 0 Å². The first kappa shape index (κ1) is 14.6. The Morgan fingerprint density at radius 3 is 2.50 bits per heavy atom. The molecule has 1 fully saturated rings. The van der Waals surface area contributed by atoms with Crippen LogP contribution in [0.1, 0.15) is 37.3 Å². The summed E-state index contributed by atoms with van der Waals surface area (Å²) >= 11 is 0. The monoisotopic (exact) mass is 275 g/mol. The van der Waals surface area contributed by atoms with Crippen molar-refractivity contribution in [3.05, 3.63) is 35.4 Å². The molecule has 0 bridgehead atoms. The number of amides is 1. The molecule has 0 spiro atoms. The summed E-state index contributed by atoms with van der Waals surface area (Å²) in [6, 6.07) is 7.63. The van der Waals surface area contributed by atoms with Crippen LogP contribution < -0.4 is 0 Å². The Labute approximate surface area is 119 Å². The molecule has 1 aromatic rings. The number of carbonyl (C=O) groups excluding carboxylic acids is 1. The summed E-state index contributed by atoms with van der Waals surface area (Å²) in [6.07, 6.45) is 3.42. The Hall–Kier alpha value is -1.84. The minimum atomic E-state index is -0.886. The van der Waals surface area contributed by atoms with Crippen LogP contribution >= 0.6 is 0 Å². The van der Waals surface area contributed by atoms with Crippen LogP contribution in [0.25, 0.3) is 0 Å². The predicted octanol–water partition coefficient (Wildman–Crippen LogP) is 2.26. The standard InChI is InChI=1S/C16H21NO3/c1-2-12-5-7-13(8-6-12)9-10-15(18)17-11-3-4-14(17)16(19)20/h5-8,14H,2-4,9-11H2,1H3,(H,19,20)/t14-/m0/s1. The predicted molar refractivity (Wildman–Crippen MR) is 76.5 cm³/mol. The van der Waals surface area contributed by atoms with E-state index in [4.69, 9.17) is 5.11 Å². The first-order chi connectivity index (χ1) is 9.61. The molecule has 1 saturated heterocycles. The van der Waals surface area contributed by atoms with Crippen LogP contribution in [0.4, 0.5) is 0 Å². The highest BCUT2D eigenvalue weighted by atomic mass is 16.4. The Balaban J connectivity index is 1.89. The second-order valence-electron chi connectivity index (χ2n) is 5.25. The second-order valence-corrected chi connectivity index (χ2v) is 5.25. The van der Waals surface area contributed by atoms with Gasteiger partial charge >= 0.3 is 5.97 Å². The van der Waals surface area contributed by atoms with Crippen LogP contribution in [-0.2, 0) is 22.4 Å². The normalized spacial score (nSPS) is 18.2. The van der Waals surface area contributed by atoms with Gasteiger partial charge in [-0.3, -0.25) is 4.79 Å². The highest BCUT2D eigenvalue weighted by Gasteiger charge is 2.33. The minimum absolute atomic E-state index is 0.0468. The van der Waals surface area contributed by atoms with Gasteiger partial charge in [0.15, 0.2) is 0 Å². The van der Waals surface area contributed by atoms with Crippen LogP contribution in [0.5, 0.6) is 0 Å². The van der Waals surface area contributed by atoms with Gasteiger partial charge in [-0.1, -0.05) is 31.2 Å². The number of likely N-dealkylation sites (tertiary alicyclic amines) is 1. The van der Waals surface area contributed by atoms with Crippen molar-refractivity contribution in [2.24, 2.45) is 0 Å². The molecule has 108 valence electrons. The number of hydrogen-bond donors (Lipinski definition) is 1. The van der Waals surface area contributed by atoms with Gasteiger partial charge in [0, 0.05) is 13.0 Å². The Bertz CT molecular complexity index is 481. The fourth-order valence-corrected chi connectivity index (χ4v) is 2.66. The van der Waals surface area contributed by atoms with Gasteiger partial charge < -0.3 is 10.0 Å². The SMILES string of the molecule is CCc1ccc(CCC(=O)N2CCC[C@H]2C(=O)O)cc1. The highest BCUT2D eigenvalue weighted by molar-refractivity contribution is 5.84. The zero-order valence-corrected chi connectivity index (χ0v) is 11.8. The molecular weight excluding hydrogens is 254 g/mol. The number of hydrogen-bond acceptors (Lipinski definition) is 2. The summed E-state index contributed by atoms with van der Waals surface area (Å²) in [5.41, 5.74) is 2.41. The average molecular weight is 275 g/mol. The number of benzene rings is 1. The molecule has 0 saturated carbocycles. The summed E-state index contributed by atoms with van der Waals surface area (Å²) in [4.78, 5) is 24.7. The molecule has 4 heteroatoms. The average Bonchev–Trinajstić information content (AvgIpc) is 2.95. The van der Waals surface area contributed by atoms with Gasteiger partial charge in [0.2, 0.25) is 5.91 Å². The lowest BCUT2D eigenvalue weighted by Crippen LogP contribution is -2.40. The van der Waals surface area contributed by atoms with Gasteiger partial charge in [0.05, 0.1) is 0 Å². The number of rotatable bonds is 5. The van der Waals surface area contributed by atoms with Crippen molar-refractivity contribution in [3.63, 3.8) is 0 Å². The van der Waals surface area contributed by atoms with E-state index in [1.54, 1.807) is 0 Å². The molecule has 1 amide bonds. The Kier molecular flexibility index (Phi) is 4.77. The third-order valence-electron chi connectivity index (χ3n) is 3.92. The number of carboxylic acid groups (broad SMARTS) is 1. The maximum Gasteiger partial charge on any atom is 0.326 e. The van der Waals surface area contributed by atoms with Crippen molar-refractivity contribution in [1.82, 2.24) is 4.90 Å². The fourth-order valence-electron chi connectivity index (χ4n) is 2.66. The minimum Gasteiger partial charge on any atom is -0.480 e. The van der Waals surface area contributed by atoms with Crippen LogP contribution in [0.3, 0.4) is 0 Å². The molecule has 1 atom stereocenters. The van der Waals surface area contributed by atoms with Crippen LogP contribution in [-0.4, -0.2) is 34.5 Å². The summed E-state index contributed by atoms with van der Waals surface area (Å²) in [7, 11) is 0. The molecule has 1 aliphatic rings. The molecule has 2 rings (SSSR count). The van der Waals surface area contributed by atoms with E-state index in [-0.39, 0.29) is 5.91 Å². The van der Waals surface area contributed by atoms with E-state index in [0.29, 0.717) is 25.8 Å². The molecule has 20 heavy (non-hydrogen) atoms. The van der Waals surface area contributed by atoms with Crippen LogP contribution in [0, 0.1) is 0 Å². The Morgan fingerprint density at radius 2 is 1.90 bits per heavy atom. The third kappa shape index (κ3) is 3.38. The van der Waals surface area contributed by atoms with Crippen molar-refractivity contribution < 1.29 is 14.7 Å². The van der Waals surface area contributed by atoms with Crippen molar-refractivity contribution in [3.8, 4) is 0 Å². The molecular formula is C16H21NO3. The van der Waals surface area contributed by atoms with Gasteiger partial charge in [-0.25, -0.2) is 4.79 Å². The molecule has 1 N–H and O–H groups in total. The van der Waals surface area contributed by atoms with E-state index >= 15 is 0 Å². The lowest BCUT2D eigenvalue weighted by Gasteiger charge is -2.21. The quantitative estimate of drug-likeness (QED) is 0.896. The van der Waals surface area contributed by atoms with Gasteiger partial charge in [-0.2, -0.15) is 0 Å². The van der Waals surface area contributed by atoms with Crippen molar-refractivity contribution in [1.29, 1.82) is 0 Å². The first-order valence-corrected chi connectivity index (χ1v) is 7.22. The number of carboxylic acids is 1. The molecule has 0 aromatic heterocycles. The number of carbonyl (C=O) groups is 2. The van der Waals surface area contributed by atoms with Crippen LogP contribution in [0.2, 0.25) is 0 Å². The van der Waals surface area contributed by atoms with E-state index < -0.39 is 12.0 Å². The van der Waals surface area contributed by atoms with Gasteiger partial charge in [-0.05, 0) is 36.8 Å². The number of aryl methyl sites for hydroxylation is 2. The Morgan fingerprint density at radius 1 is 1.25 bits per heavy atom. The molecule has 0 unspecified atom stereocenters. The topological polar surface area (TPSA) is 57.6 Å². The highest BCUT2D eigenvalue weighted by Crippen LogP contribution is 2.19. The van der Waals surface area contributed by atoms with E-state index in [2.05, 4.69) is 19.1 Å². The number of nitrogens with zero attached hydrogens (tertiary/aromatic N) is 1. The molecule has 0 radical (unpaired) electrons. The molecule has 1 aromatic carbocycles. The van der Waals surface area contributed by atoms with Crippen LogP contribution in [0.15, 0.2) is 24.3 Å². The second kappa shape index (κ2) is 6.55. The zero-order valence-electron chi connectivity index (χ0n) is 11.8. The summed E-state index contributed by atoms with van der Waals surface area (Å²) in [6.45, 7) is 2.68. The fraction of sp³-hybridized carbons (Fsp3) is 0.500. The van der Waals surface area contributed by atoms with Crippen molar-refractivity contribution >= 4 is 11.9 Å². The molecule has 1 aliphatic heterocycles. The molecule has 1 heterocycles. The van der Waals surface area contributed by atoms with Crippen molar-refractivity contribution in [2.75, 3.05) is 6.54 Å². The maximum absolute atomic E-state index is 12.1. The zero-order chi connectivity index (χ0) is 14.5. The van der Waals surface area contributed by atoms with E-state index in [1.807, 2.05) is 12.1 Å². The third-order valence-corrected chi connectivity index (χ3v) is 3.92. The largest absolute Gasteiger partial charge is 0.480 e. The van der Waals surface area contributed by atoms with E-state index in [9.17, 15) is 9.59 Å². The molecule has 0 aliphatic carbocycles. The van der Waals surface area contributed by atoms with E-state index in [1.165, 1.54) is 10.5 Å². The first-order valence-electron chi connectivity index (χ1n) is 7.22. The summed E-state index contributed by atoms with van der Waals surface area (Å²) in [5.74, 6) is -0.933. The molecule has 4 nitrogen and oxygen atoms in total. The number of aliphatic carboxylic acids is 1.